The highest BCUT2D eigenvalue weighted by Crippen LogP contribution is 2.31. The maximum atomic E-state index is 6.12. The lowest BCUT2D eigenvalue weighted by molar-refractivity contribution is 0.0478. The molecule has 1 aliphatic rings. The third kappa shape index (κ3) is 4.60. The quantitative estimate of drug-likeness (QED) is 0.616. The van der Waals surface area contributed by atoms with Crippen molar-refractivity contribution in [3.63, 3.8) is 0 Å². The van der Waals surface area contributed by atoms with E-state index in [1.807, 2.05) is 54.6 Å². The summed E-state index contributed by atoms with van der Waals surface area (Å²) in [6.45, 7) is 6.14. The largest absolute Gasteiger partial charge is 0.486 e. The lowest BCUT2D eigenvalue weighted by Crippen LogP contribution is -2.42. The Hall–Kier alpha value is -3.39. The molecule has 8 nitrogen and oxygen atoms in total. The van der Waals surface area contributed by atoms with Crippen LogP contribution in [0, 0.1) is 0 Å². The number of rotatable bonds is 7. The maximum Gasteiger partial charge on any atom is 0.232 e. The molecule has 2 atom stereocenters. The number of nitrogens with one attached hydrogen (secondary N) is 1. The van der Waals surface area contributed by atoms with Gasteiger partial charge in [-0.3, -0.25) is 4.90 Å². The molecule has 4 rings (SSSR count). The third-order valence-corrected chi connectivity index (χ3v) is 5.03. The molecule has 1 aromatic heterocycles. The Morgan fingerprint density at radius 3 is 2.57 bits per heavy atom. The summed E-state index contributed by atoms with van der Waals surface area (Å²) in [7, 11) is 0. The van der Waals surface area contributed by atoms with E-state index in [0.29, 0.717) is 24.9 Å². The number of nitrogens with zero attached hydrogens (tertiary/aromatic N) is 4. The van der Waals surface area contributed by atoms with Gasteiger partial charge in [-0.05, 0) is 37.7 Å². The van der Waals surface area contributed by atoms with Crippen LogP contribution in [0.25, 0.3) is 0 Å². The van der Waals surface area contributed by atoms with Gasteiger partial charge in [-0.1, -0.05) is 37.3 Å². The molecule has 2 aromatic carbocycles. The molecule has 0 radical (unpaired) electrons. The number of hydrogen-bond acceptors (Lipinski definition) is 8. The van der Waals surface area contributed by atoms with E-state index in [2.05, 4.69) is 39.0 Å². The first-order valence-electron chi connectivity index (χ1n) is 10.1. The summed E-state index contributed by atoms with van der Waals surface area (Å²) in [5, 5.41) is 3.18. The summed E-state index contributed by atoms with van der Waals surface area (Å²) in [4.78, 5) is 15.4. The van der Waals surface area contributed by atoms with Gasteiger partial charge in [-0.15, -0.1) is 0 Å². The van der Waals surface area contributed by atoms with Gasteiger partial charge >= 0.3 is 0 Å². The number of anilines is 3. The van der Waals surface area contributed by atoms with E-state index in [4.69, 9.17) is 15.2 Å². The topological polar surface area (TPSA) is 98.4 Å². The highest BCUT2D eigenvalue weighted by molar-refractivity contribution is 5.53. The molecule has 3 aromatic rings. The van der Waals surface area contributed by atoms with Crippen LogP contribution >= 0.6 is 0 Å². The fourth-order valence-electron chi connectivity index (χ4n) is 3.44. The maximum absolute atomic E-state index is 6.12. The zero-order chi connectivity index (χ0) is 20.9. The Morgan fingerprint density at radius 2 is 1.80 bits per heavy atom. The van der Waals surface area contributed by atoms with Crippen LogP contribution < -0.4 is 20.5 Å². The van der Waals surface area contributed by atoms with Crippen molar-refractivity contribution in [1.82, 2.24) is 19.9 Å². The first-order valence-corrected chi connectivity index (χ1v) is 10.1. The van der Waals surface area contributed by atoms with E-state index in [1.54, 1.807) is 0 Å². The molecule has 0 saturated carbocycles. The second kappa shape index (κ2) is 8.96. The molecule has 2 heterocycles. The van der Waals surface area contributed by atoms with E-state index < -0.39 is 0 Å². The van der Waals surface area contributed by atoms with Gasteiger partial charge in [-0.25, -0.2) is 0 Å². The Morgan fingerprint density at radius 1 is 1.07 bits per heavy atom. The minimum atomic E-state index is -0.0802. The van der Waals surface area contributed by atoms with Crippen LogP contribution in [0.2, 0.25) is 0 Å². The Labute approximate surface area is 176 Å². The molecule has 0 amide bonds. The van der Waals surface area contributed by atoms with Crippen LogP contribution in [0.1, 0.15) is 25.7 Å². The zero-order valence-corrected chi connectivity index (χ0v) is 17.2. The van der Waals surface area contributed by atoms with Gasteiger partial charge in [-0.2, -0.15) is 15.0 Å². The lowest BCUT2D eigenvalue weighted by Gasteiger charge is -2.33. The van der Waals surface area contributed by atoms with Crippen molar-refractivity contribution in [3.05, 3.63) is 60.4 Å². The van der Waals surface area contributed by atoms with E-state index in [9.17, 15) is 0 Å². The smallest absolute Gasteiger partial charge is 0.232 e. The molecule has 156 valence electrons. The average Bonchev–Trinajstić information content (AvgIpc) is 2.77. The highest BCUT2D eigenvalue weighted by atomic mass is 16.6. The number of nitrogens with two attached hydrogens (primary N) is 1. The van der Waals surface area contributed by atoms with Crippen molar-refractivity contribution in [2.24, 2.45) is 0 Å². The zero-order valence-electron chi connectivity index (χ0n) is 17.2. The monoisotopic (exact) mass is 406 g/mol. The van der Waals surface area contributed by atoms with Gasteiger partial charge in [0, 0.05) is 12.2 Å². The molecular formula is C22H26N6O2. The summed E-state index contributed by atoms with van der Waals surface area (Å²) >= 11 is 0. The lowest BCUT2D eigenvalue weighted by atomic mass is 10.2. The van der Waals surface area contributed by atoms with Crippen molar-refractivity contribution in [2.75, 3.05) is 30.7 Å². The van der Waals surface area contributed by atoms with Gasteiger partial charge < -0.3 is 20.5 Å². The van der Waals surface area contributed by atoms with Gasteiger partial charge in [0.05, 0.1) is 6.04 Å². The first-order chi connectivity index (χ1) is 14.6. The van der Waals surface area contributed by atoms with E-state index in [-0.39, 0.29) is 18.1 Å². The highest BCUT2D eigenvalue weighted by Gasteiger charge is 2.26. The summed E-state index contributed by atoms with van der Waals surface area (Å²) in [5.74, 6) is 2.79. The summed E-state index contributed by atoms with van der Waals surface area (Å²) < 4.78 is 12.0. The minimum Gasteiger partial charge on any atom is -0.486 e. The normalized spacial score (nSPS) is 16.3. The van der Waals surface area contributed by atoms with Crippen molar-refractivity contribution in [2.45, 2.75) is 26.0 Å². The number of fused-ring (bicyclic) bond motifs is 1. The van der Waals surface area contributed by atoms with Crippen LogP contribution in [0.5, 0.6) is 11.5 Å². The summed E-state index contributed by atoms with van der Waals surface area (Å²) in [5.41, 5.74) is 6.85. The fourth-order valence-corrected chi connectivity index (χ4v) is 3.44. The molecule has 3 N–H and O–H groups in total. The average molecular weight is 406 g/mol. The molecular weight excluding hydrogens is 380 g/mol. The number of para-hydroxylation sites is 3. The molecule has 8 heteroatoms. The Balaban J connectivity index is 1.47. The predicted molar refractivity (Wildman–Crippen MR) is 116 cm³/mol. The van der Waals surface area contributed by atoms with Gasteiger partial charge in [0.25, 0.3) is 0 Å². The standard InChI is InChI=1S/C22H26N6O2/c1-3-28(13-17-14-29-18-11-7-8-12-19(18)30-17)15(2)20-25-21(23)27-22(26-20)24-16-9-5-4-6-10-16/h4-12,15,17H,3,13-14H2,1-2H3,(H3,23,24,25,26,27). The van der Waals surface area contributed by atoms with Crippen LogP contribution in [0.3, 0.4) is 0 Å². The second-order valence-corrected chi connectivity index (χ2v) is 7.13. The summed E-state index contributed by atoms with van der Waals surface area (Å²) in [6, 6.07) is 17.4. The van der Waals surface area contributed by atoms with Gasteiger partial charge in [0.15, 0.2) is 17.3 Å². The molecule has 0 fully saturated rings. The van der Waals surface area contributed by atoms with Crippen molar-refractivity contribution in [1.29, 1.82) is 0 Å². The molecule has 0 spiro atoms. The van der Waals surface area contributed by atoms with Gasteiger partial charge in [0.1, 0.15) is 12.7 Å². The molecule has 0 bridgehead atoms. The van der Waals surface area contributed by atoms with Crippen LogP contribution in [-0.2, 0) is 0 Å². The summed E-state index contributed by atoms with van der Waals surface area (Å²) in [6.07, 6.45) is -0.0802. The van der Waals surface area contributed by atoms with E-state index >= 15 is 0 Å². The predicted octanol–water partition coefficient (Wildman–Crippen LogP) is 3.42. The number of nitrogen functional groups attached to an aromatic ring is 1. The number of aromatic nitrogens is 3. The van der Waals surface area contributed by atoms with Crippen LogP contribution in [0.15, 0.2) is 54.6 Å². The van der Waals surface area contributed by atoms with Crippen LogP contribution in [-0.4, -0.2) is 45.7 Å². The molecule has 2 unspecified atom stereocenters. The molecule has 0 aliphatic carbocycles. The molecule has 30 heavy (non-hydrogen) atoms. The third-order valence-electron chi connectivity index (χ3n) is 5.03. The molecule has 0 saturated heterocycles. The number of likely N-dealkylation sites (N-methyl/N-ethyl adjacent to an activating group) is 1. The number of benzene rings is 2. The Bertz CT molecular complexity index is 984. The van der Waals surface area contributed by atoms with Crippen molar-refractivity contribution >= 4 is 17.6 Å². The minimum absolute atomic E-state index is 0.0719. The second-order valence-electron chi connectivity index (χ2n) is 7.13. The van der Waals surface area contributed by atoms with Crippen LogP contribution in [0.4, 0.5) is 17.6 Å². The first kappa shape index (κ1) is 19.9. The fraction of sp³-hybridized carbons (Fsp3) is 0.318. The Kier molecular flexibility index (Phi) is 5.94. The van der Waals surface area contributed by atoms with Crippen molar-refractivity contribution in [3.8, 4) is 11.5 Å². The molecule has 1 aliphatic heterocycles. The van der Waals surface area contributed by atoms with Crippen molar-refractivity contribution < 1.29 is 9.47 Å². The number of ether oxygens (including phenoxy) is 2. The number of hydrogen-bond donors (Lipinski definition) is 2. The van der Waals surface area contributed by atoms with Gasteiger partial charge in [0.2, 0.25) is 11.9 Å². The van der Waals surface area contributed by atoms with E-state index in [0.717, 1.165) is 23.7 Å². The van der Waals surface area contributed by atoms with E-state index in [1.165, 1.54) is 0 Å². The SMILES string of the molecule is CCN(CC1COc2ccccc2O1)C(C)c1nc(N)nc(Nc2ccccc2)n1.